The number of benzene rings is 2. The second kappa shape index (κ2) is 9.57. The Morgan fingerprint density at radius 1 is 1.00 bits per heavy atom. The molecule has 156 valence electrons. The molecule has 31 heavy (non-hydrogen) atoms. The van der Waals surface area contributed by atoms with Crippen LogP contribution in [0.3, 0.4) is 0 Å². The van der Waals surface area contributed by atoms with Gasteiger partial charge in [-0.1, -0.05) is 66.4 Å². The molecule has 0 unspecified atom stereocenters. The molecule has 2 aromatic heterocycles. The van der Waals surface area contributed by atoms with Crippen LogP contribution < -0.4 is 5.32 Å². The SMILES string of the molecule is Cc1ccccc1NC(=O)[C@H](C)Sc1nnc(-c2ccccn2)n1Cc1ccccc1. The second-order valence-corrected chi connectivity index (χ2v) is 8.47. The monoisotopic (exact) mass is 429 g/mol. The number of para-hydroxylation sites is 1. The van der Waals surface area contributed by atoms with Crippen molar-refractivity contribution in [2.45, 2.75) is 30.8 Å². The summed E-state index contributed by atoms with van der Waals surface area (Å²) in [6.45, 7) is 4.44. The summed E-state index contributed by atoms with van der Waals surface area (Å²) in [7, 11) is 0. The normalized spacial score (nSPS) is 11.8. The van der Waals surface area contributed by atoms with Crippen LogP contribution in [0.1, 0.15) is 18.1 Å². The molecule has 0 saturated heterocycles. The van der Waals surface area contributed by atoms with Crippen molar-refractivity contribution in [1.82, 2.24) is 19.7 Å². The van der Waals surface area contributed by atoms with Crippen LogP contribution in [0, 0.1) is 6.92 Å². The number of aromatic nitrogens is 4. The van der Waals surface area contributed by atoms with Crippen molar-refractivity contribution < 1.29 is 4.79 Å². The molecule has 0 aliphatic carbocycles. The highest BCUT2D eigenvalue weighted by Crippen LogP contribution is 2.28. The smallest absolute Gasteiger partial charge is 0.237 e. The largest absolute Gasteiger partial charge is 0.325 e. The van der Waals surface area contributed by atoms with Gasteiger partial charge in [-0.2, -0.15) is 0 Å². The molecular weight excluding hydrogens is 406 g/mol. The number of pyridine rings is 1. The van der Waals surface area contributed by atoms with Crippen molar-refractivity contribution in [3.8, 4) is 11.5 Å². The molecule has 0 aliphatic heterocycles. The summed E-state index contributed by atoms with van der Waals surface area (Å²) >= 11 is 1.39. The third kappa shape index (κ3) is 5.00. The van der Waals surface area contributed by atoms with Crippen LogP contribution in [-0.4, -0.2) is 30.9 Å². The lowest BCUT2D eigenvalue weighted by atomic mass is 10.2. The summed E-state index contributed by atoms with van der Waals surface area (Å²) in [5.41, 5.74) is 3.71. The highest BCUT2D eigenvalue weighted by atomic mass is 32.2. The lowest BCUT2D eigenvalue weighted by molar-refractivity contribution is -0.115. The van der Waals surface area contributed by atoms with Crippen molar-refractivity contribution in [3.63, 3.8) is 0 Å². The molecule has 2 heterocycles. The maximum atomic E-state index is 12.8. The molecule has 4 aromatic rings. The lowest BCUT2D eigenvalue weighted by Crippen LogP contribution is -2.23. The van der Waals surface area contributed by atoms with Crippen molar-refractivity contribution in [3.05, 3.63) is 90.1 Å². The van der Waals surface area contributed by atoms with Gasteiger partial charge >= 0.3 is 0 Å². The quantitative estimate of drug-likeness (QED) is 0.427. The van der Waals surface area contributed by atoms with Gasteiger partial charge in [0.1, 0.15) is 5.69 Å². The molecule has 1 atom stereocenters. The molecule has 6 nitrogen and oxygen atoms in total. The summed E-state index contributed by atoms with van der Waals surface area (Å²) in [4.78, 5) is 17.2. The second-order valence-electron chi connectivity index (χ2n) is 7.16. The van der Waals surface area contributed by atoms with Gasteiger partial charge in [-0.05, 0) is 43.2 Å². The van der Waals surface area contributed by atoms with Crippen LogP contribution in [0.2, 0.25) is 0 Å². The summed E-state index contributed by atoms with van der Waals surface area (Å²) in [5.74, 6) is 0.603. The molecule has 7 heteroatoms. The Morgan fingerprint density at radius 3 is 2.48 bits per heavy atom. The lowest BCUT2D eigenvalue weighted by Gasteiger charge is -2.14. The zero-order valence-corrected chi connectivity index (χ0v) is 18.2. The maximum Gasteiger partial charge on any atom is 0.237 e. The Morgan fingerprint density at radius 2 is 1.74 bits per heavy atom. The Bertz CT molecular complexity index is 1160. The predicted octanol–water partition coefficient (Wildman–Crippen LogP) is 4.82. The van der Waals surface area contributed by atoms with Crippen molar-refractivity contribution >= 4 is 23.4 Å². The maximum absolute atomic E-state index is 12.8. The third-order valence-electron chi connectivity index (χ3n) is 4.85. The van der Waals surface area contributed by atoms with Gasteiger partial charge in [0, 0.05) is 11.9 Å². The van der Waals surface area contributed by atoms with E-state index >= 15 is 0 Å². The summed E-state index contributed by atoms with van der Waals surface area (Å²) in [6.07, 6.45) is 1.74. The Balaban J connectivity index is 1.59. The number of anilines is 1. The number of amides is 1. The number of nitrogens with zero attached hydrogens (tertiary/aromatic N) is 4. The fraction of sp³-hybridized carbons (Fsp3) is 0.167. The minimum Gasteiger partial charge on any atom is -0.325 e. The van der Waals surface area contributed by atoms with E-state index in [1.165, 1.54) is 11.8 Å². The number of hydrogen-bond donors (Lipinski definition) is 1. The fourth-order valence-electron chi connectivity index (χ4n) is 3.13. The highest BCUT2D eigenvalue weighted by Gasteiger charge is 2.22. The molecule has 1 N–H and O–H groups in total. The molecule has 0 bridgehead atoms. The van der Waals surface area contributed by atoms with Crippen LogP contribution >= 0.6 is 11.8 Å². The number of carbonyl (C=O) groups excluding carboxylic acids is 1. The van der Waals surface area contributed by atoms with Gasteiger partial charge in [0.25, 0.3) is 0 Å². The van der Waals surface area contributed by atoms with Gasteiger partial charge in [0.05, 0.1) is 11.8 Å². The standard InChI is InChI=1S/C24H23N5OS/c1-17-10-6-7-13-20(17)26-23(30)18(2)31-24-28-27-22(21-14-8-9-15-25-21)29(24)16-19-11-4-3-5-12-19/h3-15,18H,16H2,1-2H3,(H,26,30)/t18-/m0/s1. The van der Waals surface area contributed by atoms with E-state index in [9.17, 15) is 4.79 Å². The number of nitrogens with one attached hydrogen (secondary N) is 1. The zero-order chi connectivity index (χ0) is 21.6. The molecule has 0 radical (unpaired) electrons. The molecule has 4 rings (SSSR count). The molecule has 1 amide bonds. The van der Waals surface area contributed by atoms with Crippen LogP contribution in [0.5, 0.6) is 0 Å². The van der Waals surface area contributed by atoms with Gasteiger partial charge in [-0.15, -0.1) is 10.2 Å². The first-order valence-electron chi connectivity index (χ1n) is 10.0. The fourth-order valence-corrected chi connectivity index (χ4v) is 3.98. The first kappa shape index (κ1) is 20.8. The van der Waals surface area contributed by atoms with E-state index in [0.29, 0.717) is 17.5 Å². The van der Waals surface area contributed by atoms with Gasteiger partial charge in [-0.3, -0.25) is 14.3 Å². The van der Waals surface area contributed by atoms with E-state index in [4.69, 9.17) is 0 Å². The first-order chi connectivity index (χ1) is 15.1. The molecule has 0 fully saturated rings. The van der Waals surface area contributed by atoms with E-state index in [0.717, 1.165) is 22.5 Å². The third-order valence-corrected chi connectivity index (χ3v) is 5.93. The van der Waals surface area contributed by atoms with E-state index in [-0.39, 0.29) is 11.2 Å². The van der Waals surface area contributed by atoms with Gasteiger partial charge < -0.3 is 5.32 Å². The van der Waals surface area contributed by atoms with E-state index in [1.54, 1.807) is 6.20 Å². The average Bonchev–Trinajstić information content (AvgIpc) is 3.18. The molecule has 0 saturated carbocycles. The van der Waals surface area contributed by atoms with E-state index < -0.39 is 0 Å². The number of carbonyl (C=O) groups is 1. The predicted molar refractivity (Wildman–Crippen MR) is 124 cm³/mol. The van der Waals surface area contributed by atoms with Gasteiger partial charge in [0.2, 0.25) is 5.91 Å². The van der Waals surface area contributed by atoms with Crippen molar-refractivity contribution in [2.75, 3.05) is 5.32 Å². The van der Waals surface area contributed by atoms with Gasteiger partial charge in [-0.25, -0.2) is 0 Å². The summed E-state index contributed by atoms with van der Waals surface area (Å²) in [6, 6.07) is 23.6. The molecule has 2 aromatic carbocycles. The topological polar surface area (TPSA) is 72.7 Å². The highest BCUT2D eigenvalue weighted by molar-refractivity contribution is 8.00. The number of hydrogen-bond acceptors (Lipinski definition) is 5. The Labute approximate surface area is 185 Å². The average molecular weight is 430 g/mol. The molecule has 0 spiro atoms. The van der Waals surface area contributed by atoms with Gasteiger partial charge in [0.15, 0.2) is 11.0 Å². The van der Waals surface area contributed by atoms with Crippen LogP contribution in [0.4, 0.5) is 5.69 Å². The minimum atomic E-state index is -0.352. The minimum absolute atomic E-state index is 0.0760. The molecule has 0 aliphatic rings. The number of rotatable bonds is 7. The Hall–Kier alpha value is -3.45. The van der Waals surface area contributed by atoms with E-state index in [1.807, 2.05) is 79.1 Å². The van der Waals surface area contributed by atoms with Crippen molar-refractivity contribution in [1.29, 1.82) is 0 Å². The van der Waals surface area contributed by atoms with Crippen molar-refractivity contribution in [2.24, 2.45) is 0 Å². The first-order valence-corrected chi connectivity index (χ1v) is 10.9. The zero-order valence-electron chi connectivity index (χ0n) is 17.4. The van der Waals surface area contributed by atoms with Crippen LogP contribution in [-0.2, 0) is 11.3 Å². The summed E-state index contributed by atoms with van der Waals surface area (Å²) in [5, 5.41) is 12.1. The van der Waals surface area contributed by atoms with E-state index in [2.05, 4.69) is 32.6 Å². The van der Waals surface area contributed by atoms with Crippen LogP contribution in [0.25, 0.3) is 11.5 Å². The Kier molecular flexibility index (Phi) is 6.43. The molecular formula is C24H23N5OS. The number of thioether (sulfide) groups is 1. The number of aryl methyl sites for hydroxylation is 1. The summed E-state index contributed by atoms with van der Waals surface area (Å²) < 4.78 is 2.01. The van der Waals surface area contributed by atoms with Crippen LogP contribution in [0.15, 0.2) is 84.1 Å².